The van der Waals surface area contributed by atoms with Gasteiger partial charge < -0.3 is 9.72 Å². The molecule has 0 spiro atoms. The van der Waals surface area contributed by atoms with Crippen LogP contribution in [0, 0.1) is 0 Å². The van der Waals surface area contributed by atoms with Crippen molar-refractivity contribution in [1.29, 1.82) is 0 Å². The molecular formula is C21H22N4O. The number of hydrogen-bond acceptors (Lipinski definition) is 3. The molecule has 1 N–H and O–H groups in total. The van der Waals surface area contributed by atoms with Crippen molar-refractivity contribution < 1.29 is 4.74 Å². The second kappa shape index (κ2) is 6.16. The topological polar surface area (TPSA) is 55.2 Å². The Bertz CT molecular complexity index is 1070. The first-order chi connectivity index (χ1) is 12.8. The number of hydrogen-bond donors (Lipinski definition) is 1. The summed E-state index contributed by atoms with van der Waals surface area (Å²) in [5, 5.41) is 5.61. The van der Waals surface area contributed by atoms with E-state index in [2.05, 4.69) is 39.5 Å². The van der Waals surface area contributed by atoms with Crippen molar-refractivity contribution >= 4 is 16.6 Å². The Labute approximate surface area is 152 Å². The number of rotatable bonds is 3. The van der Waals surface area contributed by atoms with Crippen LogP contribution in [0.3, 0.4) is 0 Å². The summed E-state index contributed by atoms with van der Waals surface area (Å²) in [6, 6.07) is 8.69. The van der Waals surface area contributed by atoms with Crippen molar-refractivity contribution in [1.82, 2.24) is 19.6 Å². The summed E-state index contributed by atoms with van der Waals surface area (Å²) in [4.78, 5) is 7.74. The molecule has 5 heteroatoms. The van der Waals surface area contributed by atoms with Crippen molar-refractivity contribution in [3.8, 4) is 16.9 Å². The molecule has 0 saturated heterocycles. The highest BCUT2D eigenvalue weighted by atomic mass is 16.5. The molecule has 5 rings (SSSR count). The highest BCUT2D eigenvalue weighted by molar-refractivity contribution is 5.88. The quantitative estimate of drug-likeness (QED) is 0.572. The highest BCUT2D eigenvalue weighted by Gasteiger charge is 2.19. The lowest BCUT2D eigenvalue weighted by Gasteiger charge is -2.21. The minimum absolute atomic E-state index is 0.704. The van der Waals surface area contributed by atoms with Gasteiger partial charge in [0.05, 0.1) is 7.11 Å². The van der Waals surface area contributed by atoms with Gasteiger partial charge in [-0.3, -0.25) is 0 Å². The van der Waals surface area contributed by atoms with Crippen LogP contribution in [0.25, 0.3) is 27.7 Å². The van der Waals surface area contributed by atoms with Crippen molar-refractivity contribution in [2.75, 3.05) is 7.11 Å². The van der Waals surface area contributed by atoms with Gasteiger partial charge in [0.15, 0.2) is 11.4 Å². The van der Waals surface area contributed by atoms with Crippen molar-refractivity contribution in [2.45, 2.75) is 38.0 Å². The number of fused-ring (bicyclic) bond motifs is 2. The van der Waals surface area contributed by atoms with E-state index < -0.39 is 0 Å². The third-order valence-corrected chi connectivity index (χ3v) is 5.65. The summed E-state index contributed by atoms with van der Waals surface area (Å²) < 4.78 is 7.25. The molecule has 1 aliphatic carbocycles. The normalized spacial score (nSPS) is 15.7. The monoisotopic (exact) mass is 346 g/mol. The number of pyridine rings is 1. The summed E-state index contributed by atoms with van der Waals surface area (Å²) >= 11 is 0. The Morgan fingerprint density at radius 1 is 1.12 bits per heavy atom. The van der Waals surface area contributed by atoms with Gasteiger partial charge in [-0.1, -0.05) is 31.4 Å². The van der Waals surface area contributed by atoms with E-state index in [-0.39, 0.29) is 0 Å². The van der Waals surface area contributed by atoms with E-state index in [0.29, 0.717) is 5.92 Å². The largest absolute Gasteiger partial charge is 0.493 e. The van der Waals surface area contributed by atoms with Gasteiger partial charge in [0.1, 0.15) is 6.33 Å². The Balaban J connectivity index is 1.58. The van der Waals surface area contributed by atoms with Crippen LogP contribution in [0.1, 0.15) is 43.6 Å². The zero-order valence-electron chi connectivity index (χ0n) is 14.9. The van der Waals surface area contributed by atoms with Gasteiger partial charge in [-0.15, -0.1) is 0 Å². The summed E-state index contributed by atoms with van der Waals surface area (Å²) in [6.07, 6.45) is 12.5. The lowest BCUT2D eigenvalue weighted by atomic mass is 9.84. The van der Waals surface area contributed by atoms with Crippen LogP contribution in [0.4, 0.5) is 0 Å². The number of aromatic amines is 1. The summed E-state index contributed by atoms with van der Waals surface area (Å²) in [7, 11) is 1.67. The zero-order chi connectivity index (χ0) is 17.5. The van der Waals surface area contributed by atoms with Crippen molar-refractivity contribution in [3.05, 3.63) is 48.5 Å². The second-order valence-corrected chi connectivity index (χ2v) is 7.16. The smallest absolute Gasteiger partial charge is 0.197 e. The maximum absolute atomic E-state index is 5.49. The Morgan fingerprint density at radius 3 is 2.85 bits per heavy atom. The third kappa shape index (κ3) is 2.46. The molecule has 5 nitrogen and oxygen atoms in total. The molecule has 0 atom stereocenters. The molecule has 0 bridgehead atoms. The number of ether oxygens (including phenoxy) is 1. The SMILES string of the molecule is COc1cc(-c2ccc3c(C4CCCCC4)c[nH]c3c2)cn2ncnc12. The van der Waals surface area contributed by atoms with Gasteiger partial charge in [0, 0.05) is 28.9 Å². The molecule has 3 heterocycles. The Morgan fingerprint density at radius 2 is 2.00 bits per heavy atom. The van der Waals surface area contributed by atoms with Gasteiger partial charge in [-0.25, -0.2) is 9.50 Å². The number of nitrogens with zero attached hydrogens (tertiary/aromatic N) is 3. The molecular weight excluding hydrogens is 324 g/mol. The van der Waals surface area contributed by atoms with Crippen LogP contribution in [-0.2, 0) is 0 Å². The van der Waals surface area contributed by atoms with Crippen LogP contribution in [-0.4, -0.2) is 26.7 Å². The van der Waals surface area contributed by atoms with Crippen LogP contribution in [0.15, 0.2) is 43.0 Å². The number of nitrogens with one attached hydrogen (secondary N) is 1. The zero-order valence-corrected chi connectivity index (χ0v) is 14.9. The summed E-state index contributed by atoms with van der Waals surface area (Å²) in [5.41, 5.74) is 5.62. The van der Waals surface area contributed by atoms with Gasteiger partial charge in [-0.2, -0.15) is 5.10 Å². The Hall–Kier alpha value is -2.82. The van der Waals surface area contributed by atoms with E-state index in [4.69, 9.17) is 4.74 Å². The fourth-order valence-electron chi connectivity index (χ4n) is 4.28. The average molecular weight is 346 g/mol. The lowest BCUT2D eigenvalue weighted by Crippen LogP contribution is -2.03. The maximum Gasteiger partial charge on any atom is 0.197 e. The molecule has 1 saturated carbocycles. The fraction of sp³-hybridized carbons (Fsp3) is 0.333. The van der Waals surface area contributed by atoms with Crippen molar-refractivity contribution in [3.63, 3.8) is 0 Å². The molecule has 4 aromatic rings. The molecule has 0 amide bonds. The molecule has 1 aliphatic rings. The molecule has 0 radical (unpaired) electrons. The van der Waals surface area contributed by atoms with Crippen LogP contribution in [0.2, 0.25) is 0 Å². The molecule has 1 aromatic carbocycles. The average Bonchev–Trinajstić information content (AvgIpc) is 3.34. The molecule has 3 aromatic heterocycles. The van der Waals surface area contributed by atoms with E-state index >= 15 is 0 Å². The van der Waals surface area contributed by atoms with Gasteiger partial charge >= 0.3 is 0 Å². The molecule has 1 fully saturated rings. The van der Waals surface area contributed by atoms with Crippen molar-refractivity contribution in [2.24, 2.45) is 0 Å². The number of H-pyrrole nitrogens is 1. The van der Waals surface area contributed by atoms with Crippen LogP contribution >= 0.6 is 0 Å². The second-order valence-electron chi connectivity index (χ2n) is 7.16. The van der Waals surface area contributed by atoms with E-state index in [1.54, 1.807) is 18.0 Å². The number of benzene rings is 1. The standard InChI is InChI=1S/C21H22N4O/c1-26-20-10-16(12-25-21(20)23-13-24-25)15-7-8-17-18(11-22-19(17)9-15)14-5-3-2-4-6-14/h7-14,22H,2-6H2,1H3. The van der Waals surface area contributed by atoms with E-state index in [0.717, 1.165) is 22.5 Å². The predicted octanol–water partition coefficient (Wildman–Crippen LogP) is 4.93. The van der Waals surface area contributed by atoms with Gasteiger partial charge in [-0.05, 0) is 42.0 Å². The lowest BCUT2D eigenvalue weighted by molar-refractivity contribution is 0.417. The predicted molar refractivity (Wildman–Crippen MR) is 103 cm³/mol. The minimum atomic E-state index is 0.704. The highest BCUT2D eigenvalue weighted by Crippen LogP contribution is 2.37. The first kappa shape index (κ1) is 15.4. The molecule has 132 valence electrons. The van der Waals surface area contributed by atoms with Crippen LogP contribution in [0.5, 0.6) is 5.75 Å². The molecule has 26 heavy (non-hydrogen) atoms. The van der Waals surface area contributed by atoms with E-state index in [1.807, 2.05) is 12.3 Å². The summed E-state index contributed by atoms with van der Waals surface area (Å²) in [5.74, 6) is 1.43. The number of methoxy groups -OCH3 is 1. The van der Waals surface area contributed by atoms with E-state index in [1.165, 1.54) is 48.6 Å². The minimum Gasteiger partial charge on any atom is -0.493 e. The molecule has 0 aliphatic heterocycles. The first-order valence-electron chi connectivity index (χ1n) is 9.32. The molecule has 0 unspecified atom stereocenters. The van der Waals surface area contributed by atoms with Gasteiger partial charge in [0.25, 0.3) is 0 Å². The maximum atomic E-state index is 5.49. The van der Waals surface area contributed by atoms with E-state index in [9.17, 15) is 0 Å². The fourth-order valence-corrected chi connectivity index (χ4v) is 4.28. The summed E-state index contributed by atoms with van der Waals surface area (Å²) in [6.45, 7) is 0. The van der Waals surface area contributed by atoms with Gasteiger partial charge in [0.2, 0.25) is 0 Å². The number of aromatic nitrogens is 4. The Kier molecular flexibility index (Phi) is 3.66. The van der Waals surface area contributed by atoms with Crippen LogP contribution < -0.4 is 4.74 Å². The third-order valence-electron chi connectivity index (χ3n) is 5.65. The first-order valence-corrected chi connectivity index (χ1v) is 9.32.